The highest BCUT2D eigenvalue weighted by atomic mass is 19.1. The van der Waals surface area contributed by atoms with Crippen LogP contribution < -0.4 is 20.7 Å². The highest BCUT2D eigenvalue weighted by Crippen LogP contribution is 2.20. The van der Waals surface area contributed by atoms with E-state index in [1.165, 1.54) is 24.1 Å². The van der Waals surface area contributed by atoms with Gasteiger partial charge in [0.15, 0.2) is 0 Å². The van der Waals surface area contributed by atoms with Crippen molar-refractivity contribution in [3.05, 3.63) is 65.5 Å². The molecule has 10 heteroatoms. The van der Waals surface area contributed by atoms with Crippen LogP contribution in [0.15, 0.2) is 48.5 Å². The molecular weight excluding hydrogens is 515 g/mol. The molecule has 9 nitrogen and oxygen atoms in total. The summed E-state index contributed by atoms with van der Waals surface area (Å²) < 4.78 is 19.5. The van der Waals surface area contributed by atoms with Crippen LogP contribution in [-0.4, -0.2) is 79.2 Å². The molecule has 0 radical (unpaired) electrons. The van der Waals surface area contributed by atoms with Crippen molar-refractivity contribution in [3.8, 4) is 5.75 Å². The second-order valence-electron chi connectivity index (χ2n) is 10.2. The van der Waals surface area contributed by atoms with Gasteiger partial charge in [-0.05, 0) is 48.1 Å². The van der Waals surface area contributed by atoms with E-state index in [0.29, 0.717) is 38.1 Å². The first-order valence-electron chi connectivity index (χ1n) is 13.9. The van der Waals surface area contributed by atoms with E-state index in [1.807, 2.05) is 38.1 Å². The van der Waals surface area contributed by atoms with Crippen molar-refractivity contribution in [2.24, 2.45) is 5.92 Å². The maximum Gasteiger partial charge on any atom is 0.245 e. The lowest BCUT2D eigenvalue weighted by atomic mass is 9.97. The molecule has 0 aliphatic carbocycles. The van der Waals surface area contributed by atoms with Crippen molar-refractivity contribution in [3.63, 3.8) is 0 Å². The molecule has 2 aromatic carbocycles. The van der Waals surface area contributed by atoms with Crippen LogP contribution in [0.3, 0.4) is 0 Å². The number of hydrogen-bond donors (Lipinski definition) is 4. The summed E-state index contributed by atoms with van der Waals surface area (Å²) in [4.78, 5) is 41.3. The highest BCUT2D eigenvalue weighted by molar-refractivity contribution is 5.93. The molecule has 0 bridgehead atoms. The molecule has 0 fully saturated rings. The number of carbonyl (C=O) groups is 3. The summed E-state index contributed by atoms with van der Waals surface area (Å²) >= 11 is 0. The number of aliphatic hydroxyl groups is 1. The number of amides is 3. The Kier molecular flexibility index (Phi) is 11.9. The maximum atomic E-state index is 13.5. The van der Waals surface area contributed by atoms with Gasteiger partial charge in [-0.1, -0.05) is 50.6 Å². The fourth-order valence-electron chi connectivity index (χ4n) is 4.70. The van der Waals surface area contributed by atoms with Gasteiger partial charge in [-0.15, -0.1) is 0 Å². The first-order chi connectivity index (χ1) is 19.2. The van der Waals surface area contributed by atoms with Crippen LogP contribution in [0.5, 0.6) is 5.75 Å². The average Bonchev–Trinajstić information content (AvgIpc) is 2.95. The van der Waals surface area contributed by atoms with Gasteiger partial charge >= 0.3 is 0 Å². The molecular formula is C30H41FN4O5. The van der Waals surface area contributed by atoms with Gasteiger partial charge in [0, 0.05) is 26.6 Å². The minimum Gasteiger partial charge on any atom is -0.492 e. The molecule has 0 saturated heterocycles. The second-order valence-corrected chi connectivity index (χ2v) is 10.2. The van der Waals surface area contributed by atoms with E-state index in [9.17, 15) is 23.9 Å². The quantitative estimate of drug-likeness (QED) is 0.446. The van der Waals surface area contributed by atoms with Gasteiger partial charge in [0.1, 0.15) is 30.3 Å². The number of ether oxygens (including phenoxy) is 1. The lowest BCUT2D eigenvalue weighted by Crippen LogP contribution is -2.59. The largest absolute Gasteiger partial charge is 0.492 e. The first kappa shape index (κ1) is 31.0. The van der Waals surface area contributed by atoms with E-state index < -0.39 is 42.4 Å². The summed E-state index contributed by atoms with van der Waals surface area (Å²) in [5.74, 6) is -1.11. The fraction of sp³-hybridized carbons (Fsp3) is 0.500. The Hall–Kier alpha value is -3.50. The summed E-state index contributed by atoms with van der Waals surface area (Å²) in [6.45, 7) is 4.42. The maximum absolute atomic E-state index is 13.5. The Balaban J connectivity index is 1.89. The summed E-state index contributed by atoms with van der Waals surface area (Å²) in [5, 5.41) is 19.0. The number of nitrogens with zero attached hydrogens (tertiary/aromatic N) is 1. The number of carbonyl (C=O) groups excluding carboxylic acids is 3. The predicted molar refractivity (Wildman–Crippen MR) is 150 cm³/mol. The number of halogens is 1. The molecule has 0 saturated carbocycles. The van der Waals surface area contributed by atoms with E-state index in [1.54, 1.807) is 12.1 Å². The van der Waals surface area contributed by atoms with Gasteiger partial charge in [0.05, 0.1) is 12.6 Å². The minimum atomic E-state index is -1.20. The third-order valence-electron chi connectivity index (χ3n) is 7.37. The van der Waals surface area contributed by atoms with Crippen molar-refractivity contribution >= 4 is 17.7 Å². The lowest BCUT2D eigenvalue weighted by molar-refractivity contribution is -0.143. The van der Waals surface area contributed by atoms with Gasteiger partial charge in [-0.2, -0.15) is 0 Å². The Morgan fingerprint density at radius 1 is 1.07 bits per heavy atom. The van der Waals surface area contributed by atoms with E-state index >= 15 is 0 Å². The van der Waals surface area contributed by atoms with Crippen molar-refractivity contribution in [2.75, 3.05) is 33.4 Å². The fourth-order valence-corrected chi connectivity index (χ4v) is 4.70. The second kappa shape index (κ2) is 15.3. The van der Waals surface area contributed by atoms with Gasteiger partial charge in [-0.3, -0.25) is 14.4 Å². The number of benzene rings is 2. The SMILES string of the molecule is CCC(C)[C@@H]1NCCOc2ccccc2CCCNC(=O)[C@@H](Cc2ccc(F)cc2)NC(=O)[C@H](CO)N(C)C1=O. The molecule has 218 valence electrons. The molecule has 1 aliphatic rings. The number of para-hydroxylation sites is 1. The zero-order valence-corrected chi connectivity index (χ0v) is 23.5. The Morgan fingerprint density at radius 3 is 2.50 bits per heavy atom. The third kappa shape index (κ3) is 8.50. The normalized spacial score (nSPS) is 22.7. The Labute approximate surface area is 235 Å². The number of aliphatic hydroxyl groups excluding tert-OH is 1. The van der Waals surface area contributed by atoms with E-state index in [0.717, 1.165) is 17.7 Å². The van der Waals surface area contributed by atoms with E-state index in [-0.39, 0.29) is 18.2 Å². The predicted octanol–water partition coefficient (Wildman–Crippen LogP) is 1.82. The number of aryl methyl sites for hydroxylation is 1. The molecule has 2 aromatic rings. The summed E-state index contributed by atoms with van der Waals surface area (Å²) in [5.41, 5.74) is 1.66. The third-order valence-corrected chi connectivity index (χ3v) is 7.37. The first-order valence-corrected chi connectivity index (χ1v) is 13.9. The van der Waals surface area contributed by atoms with Crippen molar-refractivity contribution in [1.82, 2.24) is 20.9 Å². The minimum absolute atomic E-state index is 0.0489. The zero-order valence-electron chi connectivity index (χ0n) is 23.5. The van der Waals surface area contributed by atoms with Gasteiger partial charge in [0.25, 0.3) is 0 Å². The number of likely N-dealkylation sites (N-methyl/N-ethyl adjacent to an activating group) is 1. The number of fused-ring (bicyclic) bond motifs is 1. The topological polar surface area (TPSA) is 120 Å². The van der Waals surface area contributed by atoms with Crippen molar-refractivity contribution in [1.29, 1.82) is 0 Å². The van der Waals surface area contributed by atoms with Gasteiger partial charge < -0.3 is 30.7 Å². The summed E-state index contributed by atoms with van der Waals surface area (Å²) in [6, 6.07) is 10.6. The molecule has 3 rings (SSSR count). The van der Waals surface area contributed by atoms with Crippen LogP contribution in [0.25, 0.3) is 0 Å². The Bertz CT molecular complexity index is 1130. The molecule has 1 unspecified atom stereocenters. The molecule has 3 amide bonds. The van der Waals surface area contributed by atoms with E-state index in [4.69, 9.17) is 4.74 Å². The van der Waals surface area contributed by atoms with Crippen LogP contribution >= 0.6 is 0 Å². The van der Waals surface area contributed by atoms with Crippen LogP contribution in [0.2, 0.25) is 0 Å². The molecule has 0 spiro atoms. The monoisotopic (exact) mass is 556 g/mol. The van der Waals surface area contributed by atoms with Crippen LogP contribution in [0, 0.1) is 11.7 Å². The Morgan fingerprint density at radius 2 is 1.80 bits per heavy atom. The molecule has 0 aromatic heterocycles. The molecule has 1 heterocycles. The molecule has 4 N–H and O–H groups in total. The lowest BCUT2D eigenvalue weighted by Gasteiger charge is -2.33. The van der Waals surface area contributed by atoms with E-state index in [2.05, 4.69) is 16.0 Å². The van der Waals surface area contributed by atoms with Gasteiger partial charge in [-0.25, -0.2) is 4.39 Å². The highest BCUT2D eigenvalue weighted by Gasteiger charge is 2.34. The molecule has 4 atom stereocenters. The van der Waals surface area contributed by atoms with Crippen molar-refractivity contribution in [2.45, 2.75) is 57.7 Å². The van der Waals surface area contributed by atoms with Crippen LogP contribution in [0.1, 0.15) is 37.8 Å². The number of nitrogens with one attached hydrogen (secondary N) is 3. The number of hydrogen-bond acceptors (Lipinski definition) is 6. The summed E-state index contributed by atoms with van der Waals surface area (Å²) in [7, 11) is 1.47. The van der Waals surface area contributed by atoms with Gasteiger partial charge in [0.2, 0.25) is 17.7 Å². The standard InChI is InChI=1S/C30H41FN4O5/c1-4-20(2)27-30(39)35(3)25(19-36)29(38)34-24(18-21-11-13-23(31)14-12-21)28(37)33-15-7-9-22-8-5-6-10-26(22)40-17-16-32-27/h5-6,8,10-14,20,24-25,27,32,36H,4,7,9,15-19H2,1-3H3,(H,33,37)(H,34,38)/t20?,24-,25+,27+/m1/s1. The summed E-state index contributed by atoms with van der Waals surface area (Å²) in [6.07, 6.45) is 2.15. The van der Waals surface area contributed by atoms with Crippen molar-refractivity contribution < 1.29 is 28.6 Å². The zero-order chi connectivity index (χ0) is 29.1. The number of rotatable bonds is 5. The van der Waals surface area contributed by atoms with Crippen LogP contribution in [0.4, 0.5) is 4.39 Å². The molecule has 40 heavy (non-hydrogen) atoms. The van der Waals surface area contributed by atoms with Crippen LogP contribution in [-0.2, 0) is 27.2 Å². The smallest absolute Gasteiger partial charge is 0.245 e. The average molecular weight is 557 g/mol. The molecule has 1 aliphatic heterocycles.